The van der Waals surface area contributed by atoms with E-state index >= 15 is 0 Å². The molecule has 2 aliphatic heterocycles. The number of aromatic nitrogens is 1. The van der Waals surface area contributed by atoms with Gasteiger partial charge in [0.1, 0.15) is 18.4 Å². The summed E-state index contributed by atoms with van der Waals surface area (Å²) in [5, 5.41) is 10.4. The van der Waals surface area contributed by atoms with E-state index in [9.17, 15) is 24.3 Å². The highest BCUT2D eigenvalue weighted by molar-refractivity contribution is 8.00. The third-order valence-corrected chi connectivity index (χ3v) is 11.6. The maximum Gasteiger partial charge on any atom is 0.326 e. The fourth-order valence-corrected chi connectivity index (χ4v) is 10.4. The third kappa shape index (κ3) is 3.64. The molecule has 0 spiro atoms. The van der Waals surface area contributed by atoms with Crippen molar-refractivity contribution in [2.45, 2.75) is 42.2 Å². The number of hydrogen-bond acceptors (Lipinski definition) is 7. The molecule has 8 nitrogen and oxygen atoms in total. The molecule has 2 N–H and O–H groups in total. The zero-order valence-corrected chi connectivity index (χ0v) is 22.6. The second-order valence-electron chi connectivity index (χ2n) is 10.8. The number of carbonyl (C=O) groups excluding carboxylic acids is 2. The number of hydrogen-bond donors (Lipinski definition) is 2. The van der Waals surface area contributed by atoms with E-state index in [1.807, 2.05) is 54.6 Å². The summed E-state index contributed by atoms with van der Waals surface area (Å²) in [6.45, 7) is 1.80. The first-order valence-corrected chi connectivity index (χ1v) is 14.8. The Kier molecular flexibility index (Phi) is 5.75. The molecule has 3 fully saturated rings. The van der Waals surface area contributed by atoms with E-state index in [0.717, 1.165) is 38.1 Å². The van der Waals surface area contributed by atoms with Gasteiger partial charge in [-0.15, -0.1) is 11.8 Å². The van der Waals surface area contributed by atoms with Gasteiger partial charge in [-0.1, -0.05) is 59.9 Å². The zero-order valence-electron chi connectivity index (χ0n) is 21.0. The average Bonchev–Trinajstić information content (AvgIpc) is 3.66. The van der Waals surface area contributed by atoms with Crippen molar-refractivity contribution in [3.05, 3.63) is 80.3 Å². The molecule has 1 aromatic heterocycles. The molecule has 200 valence electrons. The van der Waals surface area contributed by atoms with E-state index in [2.05, 4.69) is 4.98 Å². The highest BCUT2D eigenvalue weighted by Gasteiger charge is 2.70. The quantitative estimate of drug-likeness (QED) is 0.437. The number of aliphatic carboxylic acids is 1. The van der Waals surface area contributed by atoms with Crippen molar-refractivity contribution in [2.75, 3.05) is 0 Å². The van der Waals surface area contributed by atoms with Gasteiger partial charge in [0.15, 0.2) is 0 Å². The van der Waals surface area contributed by atoms with Gasteiger partial charge >= 0.3 is 10.8 Å². The van der Waals surface area contributed by atoms with Crippen LogP contribution >= 0.6 is 23.1 Å². The van der Waals surface area contributed by atoms with Crippen LogP contribution in [0.5, 0.6) is 5.75 Å². The number of H-pyrrole nitrogens is 1. The fourth-order valence-electron chi connectivity index (χ4n) is 7.48. The van der Waals surface area contributed by atoms with Gasteiger partial charge in [0.05, 0.1) is 16.9 Å². The number of carboxylic acid groups (broad SMARTS) is 1. The lowest BCUT2D eigenvalue weighted by Crippen LogP contribution is -2.44. The molecule has 7 rings (SSSR count). The SMILES string of the molecule is CC(C(=O)O)N1C(=O)C2C3CC(C2C1=O)C1C3Sc2[nH]c(=O)sc2[C@@H]1c1ccccc1OCc1ccccc1. The normalized spacial score (nSPS) is 31.1. The van der Waals surface area contributed by atoms with Gasteiger partial charge in [-0.05, 0) is 42.7 Å². The van der Waals surface area contributed by atoms with Crippen molar-refractivity contribution in [3.63, 3.8) is 0 Å². The Labute approximate surface area is 232 Å². The monoisotopic (exact) mass is 562 g/mol. The van der Waals surface area contributed by atoms with Crippen molar-refractivity contribution in [2.24, 2.45) is 29.6 Å². The number of benzene rings is 2. The van der Waals surface area contributed by atoms with Crippen LogP contribution in [0.3, 0.4) is 0 Å². The van der Waals surface area contributed by atoms with Crippen LogP contribution in [0.15, 0.2) is 64.4 Å². The molecule has 39 heavy (non-hydrogen) atoms. The van der Waals surface area contributed by atoms with Crippen molar-refractivity contribution in [3.8, 4) is 5.75 Å². The predicted octanol–water partition coefficient (Wildman–Crippen LogP) is 3.96. The lowest BCUT2D eigenvalue weighted by molar-refractivity contribution is -0.154. The Balaban J connectivity index is 1.29. The molecular formula is C29H26N2O6S2. The first-order chi connectivity index (χ1) is 18.8. The summed E-state index contributed by atoms with van der Waals surface area (Å²) in [7, 11) is 0. The fraction of sp³-hybridized carbons (Fsp3) is 0.379. The van der Waals surface area contributed by atoms with E-state index in [-0.39, 0.29) is 45.6 Å². The Morgan fingerprint density at radius 3 is 2.49 bits per heavy atom. The molecule has 2 aromatic carbocycles. The molecule has 4 aliphatic rings. The number of thioether (sulfide) groups is 1. The van der Waals surface area contributed by atoms with Crippen molar-refractivity contribution in [1.82, 2.24) is 9.88 Å². The minimum absolute atomic E-state index is 0.0125. The number of fused-ring (bicyclic) bond motifs is 9. The summed E-state index contributed by atoms with van der Waals surface area (Å²) in [5.41, 5.74) is 2.01. The number of ether oxygens (including phenoxy) is 1. The van der Waals surface area contributed by atoms with Crippen LogP contribution in [0.1, 0.15) is 35.3 Å². The number of carbonyl (C=O) groups is 3. The Bertz CT molecular complexity index is 1550. The van der Waals surface area contributed by atoms with Crippen LogP contribution < -0.4 is 9.61 Å². The summed E-state index contributed by atoms with van der Waals surface area (Å²) in [4.78, 5) is 56.1. The summed E-state index contributed by atoms with van der Waals surface area (Å²) >= 11 is 2.81. The summed E-state index contributed by atoms with van der Waals surface area (Å²) in [6.07, 6.45) is 0.743. The number of nitrogens with zero attached hydrogens (tertiary/aromatic N) is 1. The molecule has 10 heteroatoms. The Morgan fingerprint density at radius 1 is 1.05 bits per heavy atom. The minimum atomic E-state index is -1.19. The van der Waals surface area contributed by atoms with Crippen molar-refractivity contribution >= 4 is 40.9 Å². The van der Waals surface area contributed by atoms with Crippen LogP contribution in [0, 0.1) is 29.6 Å². The van der Waals surface area contributed by atoms with Gasteiger partial charge in [0, 0.05) is 21.6 Å². The number of aromatic amines is 1. The molecule has 1 saturated heterocycles. The molecule has 3 heterocycles. The van der Waals surface area contributed by atoms with Crippen LogP contribution in [-0.4, -0.2) is 44.1 Å². The number of para-hydroxylation sites is 1. The molecule has 0 radical (unpaired) electrons. The van der Waals surface area contributed by atoms with Gasteiger partial charge < -0.3 is 14.8 Å². The molecular weight excluding hydrogens is 536 g/mol. The first kappa shape index (κ1) is 24.7. The molecule has 2 saturated carbocycles. The predicted molar refractivity (Wildman–Crippen MR) is 145 cm³/mol. The lowest BCUT2D eigenvalue weighted by Gasteiger charge is -2.43. The number of likely N-dealkylation sites (tertiary alicyclic amines) is 1. The number of imide groups is 1. The van der Waals surface area contributed by atoms with E-state index in [4.69, 9.17) is 4.74 Å². The van der Waals surface area contributed by atoms with Crippen LogP contribution in [0.25, 0.3) is 0 Å². The highest BCUT2D eigenvalue weighted by atomic mass is 32.2. The zero-order chi connectivity index (χ0) is 27.0. The topological polar surface area (TPSA) is 117 Å². The molecule has 2 amide bonds. The second-order valence-corrected chi connectivity index (χ2v) is 13.0. The van der Waals surface area contributed by atoms with Gasteiger partial charge in [-0.25, -0.2) is 4.79 Å². The van der Waals surface area contributed by atoms with Gasteiger partial charge in [0.2, 0.25) is 11.8 Å². The van der Waals surface area contributed by atoms with Gasteiger partial charge in [-0.2, -0.15) is 0 Å². The second kappa shape index (κ2) is 9.09. The average molecular weight is 563 g/mol. The van der Waals surface area contributed by atoms with E-state index in [1.54, 1.807) is 11.8 Å². The molecule has 7 unspecified atom stereocenters. The number of nitrogens with one attached hydrogen (secondary N) is 1. The highest BCUT2D eigenvalue weighted by Crippen LogP contribution is 2.69. The first-order valence-electron chi connectivity index (χ1n) is 13.1. The number of thiazole rings is 1. The minimum Gasteiger partial charge on any atom is -0.489 e. The van der Waals surface area contributed by atoms with Crippen LogP contribution in [0.2, 0.25) is 0 Å². The maximum absolute atomic E-state index is 13.6. The maximum atomic E-state index is 13.6. The van der Waals surface area contributed by atoms with Crippen LogP contribution in [0.4, 0.5) is 0 Å². The smallest absolute Gasteiger partial charge is 0.326 e. The standard InChI is InChI=1S/C29H26N2O6S2/c1-13(28(34)35)31-26(32)21-16-11-17(22(21)27(31)33)23-20(16)19(24-25(38-23)30-29(36)39-24)15-9-5-6-10-18(15)37-12-14-7-3-2-4-8-14/h2-10,13,16-17,19-23H,11-12H2,1H3,(H,30,36)(H,34,35)/t13?,16?,17?,19-,20?,21?,22?,23?/m1/s1. The van der Waals surface area contributed by atoms with E-state index in [1.165, 1.54) is 18.3 Å². The molecule has 2 aliphatic carbocycles. The third-order valence-electron chi connectivity index (χ3n) is 8.99. The van der Waals surface area contributed by atoms with Gasteiger partial charge in [-0.3, -0.25) is 19.3 Å². The summed E-state index contributed by atoms with van der Waals surface area (Å²) in [6, 6.07) is 16.6. The Morgan fingerprint density at radius 2 is 1.74 bits per heavy atom. The van der Waals surface area contributed by atoms with Crippen LogP contribution in [-0.2, 0) is 21.0 Å². The molecule has 3 aromatic rings. The van der Waals surface area contributed by atoms with Crippen molar-refractivity contribution in [1.29, 1.82) is 0 Å². The summed E-state index contributed by atoms with van der Waals surface area (Å²) < 4.78 is 6.34. The molecule has 2 bridgehead atoms. The molecule has 8 atom stereocenters. The Hall–Kier alpha value is -3.37. The number of amides is 2. The van der Waals surface area contributed by atoms with E-state index < -0.39 is 23.8 Å². The number of carboxylic acids is 1. The van der Waals surface area contributed by atoms with E-state index in [0.29, 0.717) is 6.61 Å². The summed E-state index contributed by atoms with van der Waals surface area (Å²) in [5.74, 6) is -2.51. The lowest BCUT2D eigenvalue weighted by atomic mass is 9.68. The van der Waals surface area contributed by atoms with Gasteiger partial charge in [0.25, 0.3) is 0 Å². The number of rotatable bonds is 6. The van der Waals surface area contributed by atoms with Crippen molar-refractivity contribution < 1.29 is 24.2 Å². The largest absolute Gasteiger partial charge is 0.489 e.